The summed E-state index contributed by atoms with van der Waals surface area (Å²) in [5.74, 6) is -0.396. The third-order valence-corrected chi connectivity index (χ3v) is 5.15. The molecule has 4 rings (SSSR count). The number of nitrogens with zero attached hydrogens (tertiary/aromatic N) is 2. The molecule has 32 heavy (non-hydrogen) atoms. The number of carbonyl (C=O) groups excluding carboxylic acids is 2. The van der Waals surface area contributed by atoms with Crippen LogP contribution in [-0.2, 0) is 11.2 Å². The van der Waals surface area contributed by atoms with Gasteiger partial charge in [0.25, 0.3) is 5.91 Å². The summed E-state index contributed by atoms with van der Waals surface area (Å²) in [4.78, 5) is 25.3. The van der Waals surface area contributed by atoms with Crippen molar-refractivity contribution >= 4 is 23.2 Å². The Bertz CT molecular complexity index is 1250. The maximum atomic E-state index is 12.9. The van der Waals surface area contributed by atoms with Crippen LogP contribution < -0.4 is 10.6 Å². The number of carbonyl (C=O) groups is 2. The first-order chi connectivity index (χ1) is 15.5. The Morgan fingerprint density at radius 3 is 2.25 bits per heavy atom. The van der Waals surface area contributed by atoms with Crippen molar-refractivity contribution in [1.29, 1.82) is 0 Å². The first-order valence-electron chi connectivity index (χ1n) is 10.4. The summed E-state index contributed by atoms with van der Waals surface area (Å²) in [6.45, 7) is 3.78. The number of hydrogen-bond donors (Lipinski definition) is 2. The Morgan fingerprint density at radius 1 is 0.844 bits per heavy atom. The molecule has 3 aromatic carbocycles. The molecule has 0 spiro atoms. The van der Waals surface area contributed by atoms with Gasteiger partial charge in [-0.15, -0.1) is 0 Å². The number of para-hydroxylation sites is 1. The highest BCUT2D eigenvalue weighted by Gasteiger charge is 2.16. The number of hydrogen-bond acceptors (Lipinski definition) is 3. The molecule has 6 nitrogen and oxygen atoms in total. The van der Waals surface area contributed by atoms with Gasteiger partial charge in [-0.3, -0.25) is 9.59 Å². The highest BCUT2D eigenvalue weighted by Crippen LogP contribution is 2.24. The van der Waals surface area contributed by atoms with Crippen molar-refractivity contribution in [3.63, 3.8) is 0 Å². The molecule has 2 amide bonds. The topological polar surface area (TPSA) is 76.0 Å². The molecule has 0 fully saturated rings. The molecule has 6 heteroatoms. The number of rotatable bonds is 6. The Balaban J connectivity index is 1.48. The highest BCUT2D eigenvalue weighted by atomic mass is 16.2. The van der Waals surface area contributed by atoms with Gasteiger partial charge in [0.1, 0.15) is 0 Å². The Labute approximate surface area is 186 Å². The smallest absolute Gasteiger partial charge is 0.255 e. The third-order valence-electron chi connectivity index (χ3n) is 5.15. The van der Waals surface area contributed by atoms with Crippen LogP contribution in [-0.4, -0.2) is 21.6 Å². The van der Waals surface area contributed by atoms with E-state index in [1.54, 1.807) is 24.3 Å². The summed E-state index contributed by atoms with van der Waals surface area (Å²) >= 11 is 0. The van der Waals surface area contributed by atoms with Gasteiger partial charge in [0.05, 0.1) is 29.2 Å². The van der Waals surface area contributed by atoms with Gasteiger partial charge in [-0.25, -0.2) is 4.68 Å². The quantitative estimate of drug-likeness (QED) is 0.461. The fraction of sp³-hybridized carbons (Fsp3) is 0.115. The van der Waals surface area contributed by atoms with E-state index in [1.807, 2.05) is 79.2 Å². The van der Waals surface area contributed by atoms with Gasteiger partial charge in [-0.1, -0.05) is 54.6 Å². The summed E-state index contributed by atoms with van der Waals surface area (Å²) < 4.78 is 1.81. The molecule has 0 aliphatic rings. The van der Waals surface area contributed by atoms with Crippen molar-refractivity contribution in [2.75, 3.05) is 10.6 Å². The summed E-state index contributed by atoms with van der Waals surface area (Å²) in [5.41, 5.74) is 5.14. The summed E-state index contributed by atoms with van der Waals surface area (Å²) in [5, 5.41) is 10.4. The molecule has 2 N–H and O–H groups in total. The molecule has 1 aromatic heterocycles. The first kappa shape index (κ1) is 21.1. The summed E-state index contributed by atoms with van der Waals surface area (Å²) in [7, 11) is 0. The number of amides is 2. The average Bonchev–Trinajstić information content (AvgIpc) is 3.08. The number of nitrogens with one attached hydrogen (secondary N) is 2. The lowest BCUT2D eigenvalue weighted by molar-refractivity contribution is -0.115. The number of aromatic nitrogens is 2. The van der Waals surface area contributed by atoms with E-state index in [-0.39, 0.29) is 18.2 Å². The molecule has 0 saturated heterocycles. The normalized spacial score (nSPS) is 10.6. The lowest BCUT2D eigenvalue weighted by Gasteiger charge is -2.09. The van der Waals surface area contributed by atoms with Crippen LogP contribution in [0.25, 0.3) is 5.69 Å². The number of aryl methyl sites for hydroxylation is 1. The van der Waals surface area contributed by atoms with Gasteiger partial charge in [0.15, 0.2) is 0 Å². The molecule has 160 valence electrons. The van der Waals surface area contributed by atoms with Gasteiger partial charge < -0.3 is 10.6 Å². The zero-order valence-electron chi connectivity index (χ0n) is 18.0. The lowest BCUT2D eigenvalue weighted by atomic mass is 10.1. The predicted molar refractivity (Wildman–Crippen MR) is 126 cm³/mol. The number of anilines is 2. The minimum Gasteiger partial charge on any atom is -0.326 e. The Hall–Kier alpha value is -4.19. The second kappa shape index (κ2) is 9.31. The van der Waals surface area contributed by atoms with E-state index in [9.17, 15) is 9.59 Å². The fourth-order valence-corrected chi connectivity index (χ4v) is 3.55. The summed E-state index contributed by atoms with van der Waals surface area (Å²) in [6, 6.07) is 26.2. The van der Waals surface area contributed by atoms with Gasteiger partial charge in [0.2, 0.25) is 5.91 Å². The van der Waals surface area contributed by atoms with Crippen LogP contribution in [0.4, 0.5) is 11.4 Å². The van der Waals surface area contributed by atoms with Gasteiger partial charge in [-0.05, 0) is 49.7 Å². The van der Waals surface area contributed by atoms with Gasteiger partial charge in [-0.2, -0.15) is 5.10 Å². The minimum atomic E-state index is -0.261. The zero-order valence-corrected chi connectivity index (χ0v) is 18.0. The second-order valence-corrected chi connectivity index (χ2v) is 7.54. The van der Waals surface area contributed by atoms with Crippen LogP contribution in [0.2, 0.25) is 0 Å². The van der Waals surface area contributed by atoms with Crippen molar-refractivity contribution in [3.05, 3.63) is 107 Å². The van der Waals surface area contributed by atoms with E-state index >= 15 is 0 Å². The van der Waals surface area contributed by atoms with Crippen LogP contribution in [0.3, 0.4) is 0 Å². The van der Waals surface area contributed by atoms with Crippen LogP contribution in [0.5, 0.6) is 0 Å². The van der Waals surface area contributed by atoms with Crippen LogP contribution in [0, 0.1) is 13.8 Å². The number of benzene rings is 3. The molecular weight excluding hydrogens is 400 g/mol. The van der Waals surface area contributed by atoms with Crippen molar-refractivity contribution < 1.29 is 9.59 Å². The van der Waals surface area contributed by atoms with Crippen molar-refractivity contribution in [3.8, 4) is 5.69 Å². The maximum absolute atomic E-state index is 12.9. The molecule has 0 aliphatic carbocycles. The molecule has 0 radical (unpaired) electrons. The highest BCUT2D eigenvalue weighted by molar-refractivity contribution is 6.06. The van der Waals surface area contributed by atoms with E-state index in [1.165, 1.54) is 0 Å². The molecule has 0 atom stereocenters. The Kier molecular flexibility index (Phi) is 6.12. The first-order valence-corrected chi connectivity index (χ1v) is 10.4. The fourth-order valence-electron chi connectivity index (χ4n) is 3.55. The predicted octanol–water partition coefficient (Wildman–Crippen LogP) is 4.92. The van der Waals surface area contributed by atoms with Crippen LogP contribution >= 0.6 is 0 Å². The molecule has 0 saturated carbocycles. The molecular formula is C26H24N4O2. The van der Waals surface area contributed by atoms with Crippen molar-refractivity contribution in [2.45, 2.75) is 20.3 Å². The van der Waals surface area contributed by atoms with E-state index in [2.05, 4.69) is 15.7 Å². The second-order valence-electron chi connectivity index (χ2n) is 7.54. The molecule has 1 heterocycles. The van der Waals surface area contributed by atoms with Crippen molar-refractivity contribution in [2.24, 2.45) is 0 Å². The standard InChI is InChI=1S/C26H24N4O2/c1-18-25(19(2)30(29-18)23-14-7-4-8-15-23)28-26(32)21-12-9-13-22(17-21)27-24(31)16-20-10-5-3-6-11-20/h3-15,17H,16H2,1-2H3,(H,27,31)(H,28,32). The minimum absolute atomic E-state index is 0.135. The lowest BCUT2D eigenvalue weighted by Crippen LogP contribution is -2.16. The molecule has 4 aromatic rings. The van der Waals surface area contributed by atoms with Crippen molar-refractivity contribution in [1.82, 2.24) is 9.78 Å². The van der Waals surface area contributed by atoms with Gasteiger partial charge in [0, 0.05) is 11.3 Å². The monoisotopic (exact) mass is 424 g/mol. The van der Waals surface area contributed by atoms with E-state index in [0.717, 1.165) is 22.6 Å². The average molecular weight is 425 g/mol. The molecule has 0 bridgehead atoms. The third kappa shape index (κ3) is 4.75. The van der Waals surface area contributed by atoms with E-state index in [0.29, 0.717) is 16.9 Å². The van der Waals surface area contributed by atoms with E-state index < -0.39 is 0 Å². The largest absolute Gasteiger partial charge is 0.326 e. The maximum Gasteiger partial charge on any atom is 0.255 e. The van der Waals surface area contributed by atoms with Crippen LogP contribution in [0.15, 0.2) is 84.9 Å². The SMILES string of the molecule is Cc1nn(-c2ccccc2)c(C)c1NC(=O)c1cccc(NC(=O)Cc2ccccc2)c1. The van der Waals surface area contributed by atoms with Gasteiger partial charge >= 0.3 is 0 Å². The summed E-state index contributed by atoms with van der Waals surface area (Å²) in [6.07, 6.45) is 0.272. The molecule has 0 aliphatic heterocycles. The zero-order chi connectivity index (χ0) is 22.5. The Morgan fingerprint density at radius 2 is 1.53 bits per heavy atom. The van der Waals surface area contributed by atoms with Crippen LogP contribution in [0.1, 0.15) is 27.3 Å². The molecule has 0 unspecified atom stereocenters. The van der Waals surface area contributed by atoms with E-state index in [4.69, 9.17) is 0 Å².